The maximum atomic E-state index is 2.55. The summed E-state index contributed by atoms with van der Waals surface area (Å²) >= 11 is 0. The number of rotatable bonds is 6. The van der Waals surface area contributed by atoms with Crippen LogP contribution in [0.4, 0.5) is 11.4 Å². The first-order valence-corrected chi connectivity index (χ1v) is 21.1. The van der Waals surface area contributed by atoms with Crippen molar-refractivity contribution in [2.24, 2.45) is 0 Å². The molecule has 0 saturated heterocycles. The summed E-state index contributed by atoms with van der Waals surface area (Å²) in [6.45, 7) is 0. The van der Waals surface area contributed by atoms with Crippen molar-refractivity contribution in [3.05, 3.63) is 264 Å². The summed E-state index contributed by atoms with van der Waals surface area (Å²) in [5.41, 5.74) is 20.3. The van der Waals surface area contributed by atoms with E-state index in [2.05, 4.69) is 235 Å². The van der Waals surface area contributed by atoms with E-state index in [1.165, 1.54) is 94.5 Å². The highest BCUT2D eigenvalue weighted by molar-refractivity contribution is 6.04. The second-order valence-electron chi connectivity index (χ2n) is 16.3. The molecule has 0 fully saturated rings. The molecule has 3 aliphatic carbocycles. The van der Waals surface area contributed by atoms with Gasteiger partial charge in [0, 0.05) is 22.9 Å². The standard InChI is InChI=1S/C59H41N/c1-3-16-40(17-4-1)41-30-34-46(35-31-41)60(57-37-33-42-18-7-8-23-48(42)58(57)43-19-5-2-6-20-43)47-22-15-21-44(38-47)45-32-36-52-51-26-11-14-29-55(51)59(56(52)39-45)53-27-12-9-24-49(53)50-25-10-13-28-54(50)59/h1-37,39,44H,38H2. The Morgan fingerprint density at radius 2 is 0.983 bits per heavy atom. The Morgan fingerprint density at radius 1 is 0.433 bits per heavy atom. The zero-order valence-electron chi connectivity index (χ0n) is 33.2. The number of allylic oxidation sites excluding steroid dienone is 4. The first-order valence-electron chi connectivity index (χ1n) is 21.1. The molecule has 0 saturated carbocycles. The van der Waals surface area contributed by atoms with Crippen molar-refractivity contribution >= 4 is 22.1 Å². The van der Waals surface area contributed by atoms with Crippen LogP contribution < -0.4 is 4.90 Å². The lowest BCUT2D eigenvalue weighted by Crippen LogP contribution is -2.26. The summed E-state index contributed by atoms with van der Waals surface area (Å²) in [6.07, 6.45) is 7.88. The molecular weight excluding hydrogens is 723 g/mol. The van der Waals surface area contributed by atoms with E-state index in [9.17, 15) is 0 Å². The molecule has 0 amide bonds. The Kier molecular flexibility index (Phi) is 7.96. The zero-order valence-corrected chi connectivity index (χ0v) is 33.2. The van der Waals surface area contributed by atoms with Crippen molar-refractivity contribution in [2.45, 2.75) is 17.8 Å². The number of anilines is 2. The monoisotopic (exact) mass is 763 g/mol. The smallest absolute Gasteiger partial charge is 0.0725 e. The molecule has 1 unspecified atom stereocenters. The van der Waals surface area contributed by atoms with E-state index in [4.69, 9.17) is 0 Å². The second kappa shape index (κ2) is 13.8. The zero-order chi connectivity index (χ0) is 39.6. The van der Waals surface area contributed by atoms with E-state index in [-0.39, 0.29) is 11.3 Å². The van der Waals surface area contributed by atoms with Gasteiger partial charge in [-0.05, 0) is 108 Å². The highest BCUT2D eigenvalue weighted by Gasteiger charge is 2.51. The van der Waals surface area contributed by atoms with Gasteiger partial charge in [-0.2, -0.15) is 0 Å². The molecule has 1 atom stereocenters. The van der Waals surface area contributed by atoms with Crippen LogP contribution in [0, 0.1) is 0 Å². The Balaban J connectivity index is 1.01. The van der Waals surface area contributed by atoms with Crippen LogP contribution in [-0.2, 0) is 5.41 Å². The van der Waals surface area contributed by atoms with E-state index in [1.54, 1.807) is 0 Å². The van der Waals surface area contributed by atoms with Gasteiger partial charge in [-0.25, -0.2) is 0 Å². The predicted octanol–water partition coefficient (Wildman–Crippen LogP) is 15.3. The average molecular weight is 764 g/mol. The first-order chi connectivity index (χ1) is 29.8. The number of benzene rings is 9. The van der Waals surface area contributed by atoms with Gasteiger partial charge >= 0.3 is 0 Å². The molecule has 9 aromatic carbocycles. The average Bonchev–Trinajstić information content (AvgIpc) is 3.79. The quantitative estimate of drug-likeness (QED) is 0.163. The van der Waals surface area contributed by atoms with E-state index in [1.807, 2.05) is 0 Å². The number of hydrogen-bond donors (Lipinski definition) is 0. The van der Waals surface area contributed by atoms with Crippen LogP contribution in [-0.4, -0.2) is 0 Å². The van der Waals surface area contributed by atoms with E-state index in [0.717, 1.165) is 12.1 Å². The van der Waals surface area contributed by atoms with Gasteiger partial charge in [0.1, 0.15) is 0 Å². The molecule has 0 heterocycles. The molecule has 1 heteroatoms. The van der Waals surface area contributed by atoms with Crippen molar-refractivity contribution in [3.63, 3.8) is 0 Å². The number of hydrogen-bond acceptors (Lipinski definition) is 1. The minimum absolute atomic E-state index is 0.176. The van der Waals surface area contributed by atoms with E-state index in [0.29, 0.717) is 0 Å². The van der Waals surface area contributed by atoms with Crippen LogP contribution in [0.1, 0.15) is 40.2 Å². The third-order valence-corrected chi connectivity index (χ3v) is 13.2. The van der Waals surface area contributed by atoms with Crippen molar-refractivity contribution in [1.29, 1.82) is 0 Å². The summed E-state index contributed by atoms with van der Waals surface area (Å²) in [4.78, 5) is 2.52. The summed E-state index contributed by atoms with van der Waals surface area (Å²) in [7, 11) is 0. The fraction of sp³-hybridized carbons (Fsp3) is 0.0508. The van der Waals surface area contributed by atoms with Gasteiger partial charge in [-0.1, -0.05) is 206 Å². The third-order valence-electron chi connectivity index (χ3n) is 13.2. The minimum Gasteiger partial charge on any atom is -0.314 e. The van der Waals surface area contributed by atoms with Crippen LogP contribution in [0.2, 0.25) is 0 Å². The lowest BCUT2D eigenvalue weighted by atomic mass is 9.70. The van der Waals surface area contributed by atoms with Crippen molar-refractivity contribution in [3.8, 4) is 44.5 Å². The molecular formula is C59H41N. The fourth-order valence-corrected chi connectivity index (χ4v) is 10.6. The summed E-state index contributed by atoms with van der Waals surface area (Å²) in [6, 6.07) is 78.7. The molecule has 0 N–H and O–H groups in total. The van der Waals surface area contributed by atoms with Crippen molar-refractivity contribution in [2.75, 3.05) is 4.90 Å². The molecule has 9 aromatic rings. The Morgan fingerprint density at radius 3 is 1.65 bits per heavy atom. The molecule has 1 nitrogen and oxygen atoms in total. The molecule has 0 aromatic heterocycles. The van der Waals surface area contributed by atoms with Gasteiger partial charge < -0.3 is 4.90 Å². The van der Waals surface area contributed by atoms with Crippen LogP contribution in [0.15, 0.2) is 236 Å². The molecule has 0 aliphatic heterocycles. The summed E-state index contributed by atoms with van der Waals surface area (Å²) in [5, 5.41) is 2.48. The van der Waals surface area contributed by atoms with Gasteiger partial charge in [-0.15, -0.1) is 0 Å². The van der Waals surface area contributed by atoms with Gasteiger partial charge in [0.05, 0.1) is 11.1 Å². The number of nitrogens with zero attached hydrogens (tertiary/aromatic N) is 1. The summed E-state index contributed by atoms with van der Waals surface area (Å²) < 4.78 is 0. The predicted molar refractivity (Wildman–Crippen MR) is 251 cm³/mol. The minimum atomic E-state index is -0.367. The van der Waals surface area contributed by atoms with E-state index < -0.39 is 0 Å². The maximum Gasteiger partial charge on any atom is 0.0725 e. The van der Waals surface area contributed by atoms with Crippen LogP contribution in [0.25, 0.3) is 55.3 Å². The van der Waals surface area contributed by atoms with Gasteiger partial charge in [0.2, 0.25) is 0 Å². The fourth-order valence-electron chi connectivity index (χ4n) is 10.6. The van der Waals surface area contributed by atoms with E-state index >= 15 is 0 Å². The molecule has 1 spiro atoms. The van der Waals surface area contributed by atoms with Crippen LogP contribution >= 0.6 is 0 Å². The number of fused-ring (bicyclic) bond motifs is 11. The Labute approximate surface area is 351 Å². The second-order valence-corrected chi connectivity index (χ2v) is 16.3. The summed E-state index contributed by atoms with van der Waals surface area (Å²) in [5.74, 6) is 0.176. The Hall–Kier alpha value is -7.48. The first kappa shape index (κ1) is 34.6. The molecule has 282 valence electrons. The van der Waals surface area contributed by atoms with Crippen molar-refractivity contribution in [1.82, 2.24) is 0 Å². The maximum absolute atomic E-state index is 2.55. The topological polar surface area (TPSA) is 3.24 Å². The van der Waals surface area contributed by atoms with Gasteiger partial charge in [0.25, 0.3) is 0 Å². The molecule has 0 radical (unpaired) electrons. The van der Waals surface area contributed by atoms with Crippen LogP contribution in [0.3, 0.4) is 0 Å². The van der Waals surface area contributed by atoms with Gasteiger partial charge in [-0.3, -0.25) is 0 Å². The van der Waals surface area contributed by atoms with Crippen LogP contribution in [0.5, 0.6) is 0 Å². The molecule has 3 aliphatic rings. The van der Waals surface area contributed by atoms with Gasteiger partial charge in [0.15, 0.2) is 0 Å². The molecule has 0 bridgehead atoms. The lowest BCUT2D eigenvalue weighted by molar-refractivity contribution is 0.771. The highest BCUT2D eigenvalue weighted by Crippen LogP contribution is 2.63. The molecule has 60 heavy (non-hydrogen) atoms. The normalized spacial score (nSPS) is 15.3. The highest BCUT2D eigenvalue weighted by atomic mass is 15.2. The SMILES string of the molecule is C1=CC(c2ccc3c(c2)C2(c4ccccc4-c4ccccc42)c2ccccc2-3)CC(N(c2ccc(-c3ccccc3)cc2)c2ccc3ccccc3c2-c2ccccc2)=C1. The lowest BCUT2D eigenvalue weighted by Gasteiger charge is -2.34. The van der Waals surface area contributed by atoms with Crippen molar-refractivity contribution < 1.29 is 0 Å². The largest absolute Gasteiger partial charge is 0.314 e. The molecule has 12 rings (SSSR count). The third kappa shape index (κ3) is 5.19. The Bertz CT molecular complexity index is 3110.